The van der Waals surface area contributed by atoms with Crippen molar-refractivity contribution in [2.75, 3.05) is 13.7 Å². The molecule has 4 rings (SSSR count). The molecule has 0 spiro atoms. The second-order valence-corrected chi connectivity index (χ2v) is 7.03. The maximum atomic E-state index is 11.3. The van der Waals surface area contributed by atoms with Gasteiger partial charge in [0.25, 0.3) is 11.6 Å². The van der Waals surface area contributed by atoms with E-state index in [4.69, 9.17) is 14.2 Å². The van der Waals surface area contributed by atoms with Gasteiger partial charge in [0.2, 0.25) is 0 Å². The minimum absolute atomic E-state index is 0.131. The molecule has 1 saturated carbocycles. The maximum Gasteiger partial charge on any atom is 0.300 e. The van der Waals surface area contributed by atoms with E-state index < -0.39 is 0 Å². The molecule has 1 aromatic carbocycles. The Kier molecular flexibility index (Phi) is 4.93. The van der Waals surface area contributed by atoms with Gasteiger partial charge in [0, 0.05) is 19.4 Å². The zero-order valence-corrected chi connectivity index (χ0v) is 15.0. The fourth-order valence-electron chi connectivity index (χ4n) is 3.80. The lowest BCUT2D eigenvalue weighted by Crippen LogP contribution is -2.23. The number of hydrogen-bond donors (Lipinski definition) is 0. The molecule has 0 bridgehead atoms. The highest BCUT2D eigenvalue weighted by molar-refractivity contribution is 5.29. The molecule has 0 radical (unpaired) electrons. The highest BCUT2D eigenvalue weighted by Gasteiger charge is 2.24. The van der Waals surface area contributed by atoms with Crippen molar-refractivity contribution in [2.24, 2.45) is 0 Å². The molecule has 1 atom stereocenters. The summed E-state index contributed by atoms with van der Waals surface area (Å²) in [6.45, 7) is 1.07. The number of aromatic nitrogens is 2. The lowest BCUT2D eigenvalue weighted by Gasteiger charge is -2.27. The van der Waals surface area contributed by atoms with Crippen LogP contribution in [0.1, 0.15) is 37.2 Å². The molecule has 0 saturated heterocycles. The van der Waals surface area contributed by atoms with Crippen LogP contribution in [0.3, 0.4) is 0 Å². The van der Waals surface area contributed by atoms with Crippen LogP contribution in [0.2, 0.25) is 0 Å². The molecule has 0 amide bonds. The number of hydrogen-bond acceptors (Lipinski definition) is 5. The largest absolute Gasteiger partial charge is 0.490 e. The molecule has 2 aliphatic rings. The number of methoxy groups -OCH3 is 1. The summed E-state index contributed by atoms with van der Waals surface area (Å²) in [5.41, 5.74) is 1.09. The Morgan fingerprint density at radius 2 is 1.92 bits per heavy atom. The topological polar surface area (TPSA) is 62.6 Å². The van der Waals surface area contributed by atoms with Crippen LogP contribution >= 0.6 is 0 Å². The number of rotatable bonds is 5. The molecule has 2 heterocycles. The van der Waals surface area contributed by atoms with E-state index in [9.17, 15) is 4.79 Å². The molecule has 138 valence electrons. The minimum Gasteiger partial charge on any atom is -0.490 e. The summed E-state index contributed by atoms with van der Waals surface area (Å²) in [6.07, 6.45) is 6.63. The summed E-state index contributed by atoms with van der Waals surface area (Å²) in [5, 5.41) is 0. The van der Waals surface area contributed by atoms with Crippen molar-refractivity contribution in [3.05, 3.63) is 52.4 Å². The van der Waals surface area contributed by atoms with Gasteiger partial charge in [0.15, 0.2) is 6.10 Å². The monoisotopic (exact) mass is 356 g/mol. The summed E-state index contributed by atoms with van der Waals surface area (Å²) >= 11 is 0. The predicted molar refractivity (Wildman–Crippen MR) is 96.9 cm³/mol. The summed E-state index contributed by atoms with van der Waals surface area (Å²) < 4.78 is 18.8. The van der Waals surface area contributed by atoms with E-state index in [0.29, 0.717) is 31.2 Å². The van der Waals surface area contributed by atoms with Gasteiger partial charge in [0.1, 0.15) is 12.4 Å². The number of ether oxygens (including phenoxy) is 3. The number of nitrogens with zero attached hydrogens (tertiary/aromatic N) is 2. The van der Waals surface area contributed by atoms with Gasteiger partial charge in [-0.15, -0.1) is 0 Å². The summed E-state index contributed by atoms with van der Waals surface area (Å²) in [4.78, 5) is 15.1. The smallest absolute Gasteiger partial charge is 0.300 e. The third kappa shape index (κ3) is 3.75. The second kappa shape index (κ2) is 7.50. The number of benzene rings is 1. The van der Waals surface area contributed by atoms with Crippen molar-refractivity contribution in [1.29, 1.82) is 0 Å². The fraction of sp³-hybridized carbons (Fsp3) is 0.500. The molecular formula is C20H24N2O4. The van der Waals surface area contributed by atoms with Crippen LogP contribution in [-0.2, 0) is 11.3 Å². The minimum atomic E-state index is -0.284. The highest BCUT2D eigenvalue weighted by atomic mass is 16.6. The Balaban J connectivity index is 1.29. The summed E-state index contributed by atoms with van der Waals surface area (Å²) in [7, 11) is 1.80. The van der Waals surface area contributed by atoms with Crippen LogP contribution in [-0.4, -0.2) is 35.5 Å². The van der Waals surface area contributed by atoms with E-state index in [1.54, 1.807) is 13.3 Å². The first kappa shape index (κ1) is 17.1. The van der Waals surface area contributed by atoms with E-state index in [1.807, 2.05) is 16.7 Å². The van der Waals surface area contributed by atoms with E-state index in [0.717, 1.165) is 18.6 Å². The van der Waals surface area contributed by atoms with Crippen LogP contribution in [0.5, 0.6) is 11.8 Å². The van der Waals surface area contributed by atoms with Crippen LogP contribution in [0.15, 0.2) is 41.3 Å². The van der Waals surface area contributed by atoms with Gasteiger partial charge in [-0.3, -0.25) is 9.36 Å². The molecule has 1 fully saturated rings. The van der Waals surface area contributed by atoms with Crippen LogP contribution in [0.4, 0.5) is 0 Å². The molecular weight excluding hydrogens is 332 g/mol. The fourth-order valence-corrected chi connectivity index (χ4v) is 3.80. The highest BCUT2D eigenvalue weighted by Crippen LogP contribution is 2.34. The van der Waals surface area contributed by atoms with Gasteiger partial charge >= 0.3 is 0 Å². The van der Waals surface area contributed by atoms with Crippen LogP contribution in [0, 0.1) is 0 Å². The van der Waals surface area contributed by atoms with Gasteiger partial charge in [-0.1, -0.05) is 12.1 Å². The summed E-state index contributed by atoms with van der Waals surface area (Å²) in [6, 6.07) is 10.2. The van der Waals surface area contributed by atoms with Crippen molar-refractivity contribution in [2.45, 2.75) is 50.4 Å². The first-order valence-corrected chi connectivity index (χ1v) is 9.21. The Bertz CT molecular complexity index is 794. The van der Waals surface area contributed by atoms with Crippen molar-refractivity contribution in [1.82, 2.24) is 9.55 Å². The quantitative estimate of drug-likeness (QED) is 0.824. The van der Waals surface area contributed by atoms with Crippen molar-refractivity contribution < 1.29 is 14.2 Å². The van der Waals surface area contributed by atoms with Gasteiger partial charge in [0.05, 0.1) is 12.6 Å². The van der Waals surface area contributed by atoms with E-state index in [-0.39, 0.29) is 11.7 Å². The molecule has 6 heteroatoms. The second-order valence-electron chi connectivity index (χ2n) is 7.03. The molecule has 6 nitrogen and oxygen atoms in total. The molecule has 26 heavy (non-hydrogen) atoms. The Labute approximate surface area is 152 Å². The van der Waals surface area contributed by atoms with Crippen LogP contribution < -0.4 is 15.0 Å². The molecule has 0 unspecified atom stereocenters. The van der Waals surface area contributed by atoms with Crippen molar-refractivity contribution in [3.63, 3.8) is 0 Å². The van der Waals surface area contributed by atoms with E-state index >= 15 is 0 Å². The molecule has 1 aliphatic carbocycles. The Hall–Kier alpha value is -2.34. The standard InChI is InChI=1S/C20H24N2O4/c1-24-16-6-2-14(3-7-16)15-4-8-17(9-5-15)25-13-18-12-22-11-10-19(23)21-20(22)26-18/h4-5,8-11,14,16,18H,2-3,6-7,12-13H2,1H3/t14?,16?,18-/m0/s1. The normalized spacial score (nSPS) is 24.7. The third-order valence-corrected chi connectivity index (χ3v) is 5.32. The molecule has 0 N–H and O–H groups in total. The van der Waals surface area contributed by atoms with Crippen molar-refractivity contribution >= 4 is 0 Å². The summed E-state index contributed by atoms with van der Waals surface area (Å²) in [5.74, 6) is 1.45. The zero-order chi connectivity index (χ0) is 17.9. The first-order chi connectivity index (χ1) is 12.7. The maximum absolute atomic E-state index is 11.3. The number of fused-ring (bicyclic) bond motifs is 1. The average molecular weight is 356 g/mol. The Morgan fingerprint density at radius 3 is 2.65 bits per heavy atom. The SMILES string of the molecule is COC1CCC(c2ccc(OC[C@@H]3Cn4ccc(=O)nc4O3)cc2)CC1. The van der Waals surface area contributed by atoms with Crippen LogP contribution in [0.25, 0.3) is 0 Å². The van der Waals surface area contributed by atoms with Gasteiger partial charge in [-0.2, -0.15) is 4.98 Å². The lowest BCUT2D eigenvalue weighted by atomic mass is 9.83. The van der Waals surface area contributed by atoms with E-state index in [2.05, 4.69) is 17.1 Å². The zero-order valence-electron chi connectivity index (χ0n) is 15.0. The van der Waals surface area contributed by atoms with Gasteiger partial charge in [-0.25, -0.2) is 0 Å². The Morgan fingerprint density at radius 1 is 1.15 bits per heavy atom. The first-order valence-electron chi connectivity index (χ1n) is 9.21. The lowest BCUT2D eigenvalue weighted by molar-refractivity contribution is 0.0658. The van der Waals surface area contributed by atoms with Crippen molar-refractivity contribution in [3.8, 4) is 11.8 Å². The van der Waals surface area contributed by atoms with Gasteiger partial charge in [-0.05, 0) is 49.3 Å². The molecule has 1 aromatic heterocycles. The third-order valence-electron chi connectivity index (χ3n) is 5.32. The predicted octanol–water partition coefficient (Wildman–Crippen LogP) is 2.76. The van der Waals surface area contributed by atoms with E-state index in [1.165, 1.54) is 24.5 Å². The van der Waals surface area contributed by atoms with Gasteiger partial charge < -0.3 is 14.2 Å². The average Bonchev–Trinajstić information content (AvgIpc) is 3.09. The molecule has 2 aromatic rings. The molecule has 1 aliphatic heterocycles.